The normalized spacial score (nSPS) is 10.0. The third-order valence-electron chi connectivity index (χ3n) is 1.53. The third kappa shape index (κ3) is 3.41. The van der Waals surface area contributed by atoms with Crippen LogP contribution in [0.25, 0.3) is 0 Å². The fraction of sp³-hybridized carbons (Fsp3) is 0.300. The lowest BCUT2D eigenvalue weighted by Crippen LogP contribution is -1.88. The molecule has 0 atom stereocenters. The Morgan fingerprint density at radius 3 is 2.92 bits per heavy atom. The van der Waals surface area contributed by atoms with Gasteiger partial charge in [-0.05, 0) is 35.9 Å². The molecule has 70 valence electrons. The van der Waals surface area contributed by atoms with E-state index in [-0.39, 0.29) is 5.24 Å². The van der Waals surface area contributed by atoms with E-state index in [0.29, 0.717) is 5.56 Å². The molecule has 0 heterocycles. The van der Waals surface area contributed by atoms with Crippen molar-refractivity contribution in [3.05, 3.63) is 29.8 Å². The van der Waals surface area contributed by atoms with Gasteiger partial charge in [0.1, 0.15) is 0 Å². The second kappa shape index (κ2) is 5.30. The molecule has 1 aromatic carbocycles. The number of hydrogen-bond donors (Lipinski definition) is 0. The molecule has 0 aliphatic carbocycles. The first-order valence-corrected chi connectivity index (χ1v) is 5.53. The Morgan fingerprint density at radius 2 is 2.31 bits per heavy atom. The van der Waals surface area contributed by atoms with E-state index in [2.05, 4.69) is 6.92 Å². The van der Waals surface area contributed by atoms with Gasteiger partial charge in [-0.15, -0.1) is 11.8 Å². The standard InChI is InChI=1S/C10H11ClOS/c1-2-6-13-9-5-3-4-8(7-9)10(11)12/h3-5,7H,2,6H2,1H3. The van der Waals surface area contributed by atoms with Crippen LogP contribution in [0.15, 0.2) is 29.2 Å². The van der Waals surface area contributed by atoms with Crippen molar-refractivity contribution in [1.29, 1.82) is 0 Å². The summed E-state index contributed by atoms with van der Waals surface area (Å²) in [5.74, 6) is 1.07. The molecule has 1 aromatic rings. The fourth-order valence-electron chi connectivity index (χ4n) is 0.928. The molecule has 1 nitrogen and oxygen atoms in total. The van der Waals surface area contributed by atoms with Crippen molar-refractivity contribution in [2.75, 3.05) is 5.75 Å². The van der Waals surface area contributed by atoms with Crippen LogP contribution in [0, 0.1) is 0 Å². The van der Waals surface area contributed by atoms with Crippen molar-refractivity contribution < 1.29 is 4.79 Å². The van der Waals surface area contributed by atoms with E-state index < -0.39 is 0 Å². The molecular weight excluding hydrogens is 204 g/mol. The van der Waals surface area contributed by atoms with E-state index in [1.807, 2.05) is 18.2 Å². The molecule has 0 aliphatic heterocycles. The van der Waals surface area contributed by atoms with E-state index >= 15 is 0 Å². The van der Waals surface area contributed by atoms with Crippen LogP contribution >= 0.6 is 23.4 Å². The Morgan fingerprint density at radius 1 is 1.54 bits per heavy atom. The quantitative estimate of drug-likeness (QED) is 0.563. The van der Waals surface area contributed by atoms with Crippen LogP contribution in [0.5, 0.6) is 0 Å². The zero-order valence-corrected chi connectivity index (χ0v) is 8.99. The molecular formula is C10H11ClOS. The molecule has 3 heteroatoms. The Bertz CT molecular complexity index is 299. The van der Waals surface area contributed by atoms with Gasteiger partial charge in [-0.3, -0.25) is 4.79 Å². The molecule has 1 rings (SSSR count). The van der Waals surface area contributed by atoms with Gasteiger partial charge in [0, 0.05) is 10.5 Å². The average Bonchev–Trinajstić information content (AvgIpc) is 2.15. The van der Waals surface area contributed by atoms with E-state index in [1.165, 1.54) is 0 Å². The van der Waals surface area contributed by atoms with E-state index in [1.54, 1.807) is 17.8 Å². The molecule has 0 radical (unpaired) electrons. The Kier molecular flexibility index (Phi) is 4.33. The van der Waals surface area contributed by atoms with Gasteiger partial charge >= 0.3 is 0 Å². The second-order valence-electron chi connectivity index (χ2n) is 2.65. The molecule has 0 bridgehead atoms. The minimum Gasteiger partial charge on any atom is -0.276 e. The van der Waals surface area contributed by atoms with Gasteiger partial charge in [-0.2, -0.15) is 0 Å². The van der Waals surface area contributed by atoms with E-state index in [4.69, 9.17) is 11.6 Å². The predicted molar refractivity (Wildman–Crippen MR) is 57.6 cm³/mol. The summed E-state index contributed by atoms with van der Waals surface area (Å²) in [7, 11) is 0. The Balaban J connectivity index is 2.73. The molecule has 0 aromatic heterocycles. The van der Waals surface area contributed by atoms with Gasteiger partial charge in [0.05, 0.1) is 0 Å². The van der Waals surface area contributed by atoms with Crippen LogP contribution in [0.2, 0.25) is 0 Å². The lowest BCUT2D eigenvalue weighted by molar-refractivity contribution is 0.108. The molecule has 13 heavy (non-hydrogen) atoms. The summed E-state index contributed by atoms with van der Waals surface area (Å²) in [5, 5.41) is -0.390. The van der Waals surface area contributed by atoms with Crippen LogP contribution in [-0.2, 0) is 0 Å². The summed E-state index contributed by atoms with van der Waals surface area (Å²) < 4.78 is 0. The molecule has 0 saturated carbocycles. The summed E-state index contributed by atoms with van der Waals surface area (Å²) in [5.41, 5.74) is 0.572. The van der Waals surface area contributed by atoms with Gasteiger partial charge in [0.2, 0.25) is 0 Å². The molecule has 0 aliphatic rings. The first-order chi connectivity index (χ1) is 6.24. The molecule has 0 N–H and O–H groups in total. The van der Waals surface area contributed by atoms with Gasteiger partial charge < -0.3 is 0 Å². The number of rotatable bonds is 4. The highest BCUT2D eigenvalue weighted by atomic mass is 35.5. The fourth-order valence-corrected chi connectivity index (χ4v) is 1.87. The summed E-state index contributed by atoms with van der Waals surface area (Å²) >= 11 is 7.10. The van der Waals surface area contributed by atoms with E-state index in [9.17, 15) is 4.79 Å². The predicted octanol–water partition coefficient (Wildman–Crippen LogP) is 3.57. The maximum Gasteiger partial charge on any atom is 0.252 e. The lowest BCUT2D eigenvalue weighted by Gasteiger charge is -2.00. The van der Waals surface area contributed by atoms with Crippen molar-refractivity contribution in [3.63, 3.8) is 0 Å². The highest BCUT2D eigenvalue weighted by Crippen LogP contribution is 2.20. The number of carbonyl (C=O) groups is 1. The number of carbonyl (C=O) groups excluding carboxylic acids is 1. The van der Waals surface area contributed by atoms with E-state index in [0.717, 1.165) is 17.1 Å². The van der Waals surface area contributed by atoms with Crippen molar-refractivity contribution in [3.8, 4) is 0 Å². The number of halogens is 1. The average molecular weight is 215 g/mol. The maximum absolute atomic E-state index is 10.8. The molecule has 0 unspecified atom stereocenters. The second-order valence-corrected chi connectivity index (χ2v) is 4.16. The number of hydrogen-bond acceptors (Lipinski definition) is 2. The Labute approximate surface area is 87.5 Å². The first-order valence-electron chi connectivity index (χ1n) is 4.16. The molecule has 0 spiro atoms. The molecule has 0 amide bonds. The lowest BCUT2D eigenvalue weighted by atomic mass is 10.2. The maximum atomic E-state index is 10.8. The number of thioether (sulfide) groups is 1. The van der Waals surface area contributed by atoms with Gasteiger partial charge in [0.15, 0.2) is 0 Å². The minimum absolute atomic E-state index is 0.390. The zero-order chi connectivity index (χ0) is 9.68. The van der Waals surface area contributed by atoms with Gasteiger partial charge in [-0.25, -0.2) is 0 Å². The molecule has 0 fully saturated rings. The monoisotopic (exact) mass is 214 g/mol. The van der Waals surface area contributed by atoms with Gasteiger partial charge in [-0.1, -0.05) is 19.1 Å². The SMILES string of the molecule is CCCSc1cccc(C(=O)Cl)c1. The third-order valence-corrected chi connectivity index (χ3v) is 2.95. The van der Waals surface area contributed by atoms with Crippen molar-refractivity contribution >= 4 is 28.6 Å². The smallest absolute Gasteiger partial charge is 0.252 e. The topological polar surface area (TPSA) is 17.1 Å². The zero-order valence-electron chi connectivity index (χ0n) is 7.42. The first kappa shape index (κ1) is 10.6. The van der Waals surface area contributed by atoms with Crippen molar-refractivity contribution in [2.24, 2.45) is 0 Å². The van der Waals surface area contributed by atoms with Crippen LogP contribution in [0.3, 0.4) is 0 Å². The highest BCUT2D eigenvalue weighted by Gasteiger charge is 2.01. The largest absolute Gasteiger partial charge is 0.276 e. The summed E-state index contributed by atoms with van der Waals surface area (Å²) in [6, 6.07) is 7.40. The summed E-state index contributed by atoms with van der Waals surface area (Å²) in [6.45, 7) is 2.13. The molecule has 0 saturated heterocycles. The highest BCUT2D eigenvalue weighted by molar-refractivity contribution is 7.99. The number of benzene rings is 1. The van der Waals surface area contributed by atoms with Crippen LogP contribution < -0.4 is 0 Å². The summed E-state index contributed by atoms with van der Waals surface area (Å²) in [4.78, 5) is 11.9. The van der Waals surface area contributed by atoms with Crippen LogP contribution in [0.1, 0.15) is 23.7 Å². The van der Waals surface area contributed by atoms with Crippen LogP contribution in [-0.4, -0.2) is 11.0 Å². The summed E-state index contributed by atoms with van der Waals surface area (Å²) in [6.07, 6.45) is 1.13. The minimum atomic E-state index is -0.390. The van der Waals surface area contributed by atoms with Crippen LogP contribution in [0.4, 0.5) is 0 Å². The van der Waals surface area contributed by atoms with Crippen molar-refractivity contribution in [1.82, 2.24) is 0 Å². The van der Waals surface area contributed by atoms with Crippen molar-refractivity contribution in [2.45, 2.75) is 18.2 Å². The van der Waals surface area contributed by atoms with Gasteiger partial charge in [0.25, 0.3) is 5.24 Å². The Hall–Kier alpha value is -0.470.